The van der Waals surface area contributed by atoms with Gasteiger partial charge in [0.2, 0.25) is 10.0 Å². The van der Waals surface area contributed by atoms with Crippen LogP contribution in [-0.4, -0.2) is 37.0 Å². The van der Waals surface area contributed by atoms with Gasteiger partial charge < -0.3 is 0 Å². The van der Waals surface area contributed by atoms with Crippen LogP contribution in [0.15, 0.2) is 27.9 Å². The SMILES string of the molecule is O=S1(=O)CCN=C2C(Cl)=CC(C(F)(F)F)=CN21. The van der Waals surface area contributed by atoms with E-state index in [0.29, 0.717) is 16.6 Å². The number of nitrogens with zero attached hydrogens (tertiary/aromatic N) is 2. The highest BCUT2D eigenvalue weighted by atomic mass is 35.5. The van der Waals surface area contributed by atoms with Gasteiger partial charge in [-0.3, -0.25) is 4.99 Å². The molecule has 0 radical (unpaired) electrons. The van der Waals surface area contributed by atoms with E-state index in [2.05, 4.69) is 4.99 Å². The monoisotopic (exact) mass is 286 g/mol. The minimum atomic E-state index is -4.65. The van der Waals surface area contributed by atoms with E-state index < -0.39 is 21.8 Å². The molecule has 0 aromatic heterocycles. The predicted molar refractivity (Wildman–Crippen MR) is 56.0 cm³/mol. The zero-order valence-electron chi connectivity index (χ0n) is 8.20. The van der Waals surface area contributed by atoms with Crippen molar-refractivity contribution in [2.45, 2.75) is 6.18 Å². The fourth-order valence-corrected chi connectivity index (χ4v) is 2.94. The highest BCUT2D eigenvalue weighted by Crippen LogP contribution is 2.34. The quantitative estimate of drug-likeness (QED) is 0.679. The van der Waals surface area contributed by atoms with Gasteiger partial charge in [0.1, 0.15) is 0 Å². The van der Waals surface area contributed by atoms with E-state index in [1.165, 1.54) is 0 Å². The average Bonchev–Trinajstić information content (AvgIpc) is 2.17. The summed E-state index contributed by atoms with van der Waals surface area (Å²) in [5.74, 6) is -0.492. The summed E-state index contributed by atoms with van der Waals surface area (Å²) in [7, 11) is -3.81. The van der Waals surface area contributed by atoms with Crippen molar-refractivity contribution in [3.05, 3.63) is 22.9 Å². The number of alkyl halides is 3. The molecule has 0 N–H and O–H groups in total. The van der Waals surface area contributed by atoms with E-state index in [9.17, 15) is 21.6 Å². The fraction of sp³-hybridized carbons (Fsp3) is 0.375. The van der Waals surface area contributed by atoms with Crippen LogP contribution in [0.5, 0.6) is 0 Å². The third kappa shape index (κ3) is 2.19. The summed E-state index contributed by atoms with van der Waals surface area (Å²) in [6.45, 7) is -0.00653. The van der Waals surface area contributed by atoms with Crippen LogP contribution in [0, 0.1) is 0 Å². The van der Waals surface area contributed by atoms with Crippen molar-refractivity contribution in [1.82, 2.24) is 4.31 Å². The third-order valence-electron chi connectivity index (χ3n) is 2.20. The topological polar surface area (TPSA) is 49.7 Å². The minimum absolute atomic E-state index is 0.00653. The van der Waals surface area contributed by atoms with Gasteiger partial charge in [-0.2, -0.15) is 13.2 Å². The Labute approximate surface area is 100 Å². The number of halogens is 4. The molecule has 4 nitrogen and oxygen atoms in total. The largest absolute Gasteiger partial charge is 0.417 e. The Morgan fingerprint density at radius 3 is 2.65 bits per heavy atom. The summed E-state index contributed by atoms with van der Waals surface area (Å²) < 4.78 is 61.1. The van der Waals surface area contributed by atoms with Crippen molar-refractivity contribution in [3.8, 4) is 0 Å². The van der Waals surface area contributed by atoms with Crippen LogP contribution in [0.1, 0.15) is 0 Å². The zero-order valence-corrected chi connectivity index (χ0v) is 9.77. The Balaban J connectivity index is 2.55. The number of sulfonamides is 1. The first-order chi connectivity index (χ1) is 7.72. The maximum absolute atomic E-state index is 12.5. The van der Waals surface area contributed by atoms with Gasteiger partial charge in [-0.05, 0) is 6.08 Å². The predicted octanol–water partition coefficient (Wildman–Crippen LogP) is 1.61. The lowest BCUT2D eigenvalue weighted by Crippen LogP contribution is -2.41. The van der Waals surface area contributed by atoms with Gasteiger partial charge in [0, 0.05) is 6.20 Å². The molecule has 0 saturated heterocycles. The van der Waals surface area contributed by atoms with E-state index in [1.54, 1.807) is 0 Å². The minimum Gasteiger partial charge on any atom is -0.265 e. The first kappa shape index (κ1) is 12.4. The van der Waals surface area contributed by atoms with E-state index >= 15 is 0 Å². The molecular formula is C8H6ClF3N2O2S. The van der Waals surface area contributed by atoms with Crippen molar-refractivity contribution < 1.29 is 21.6 Å². The Morgan fingerprint density at radius 1 is 1.41 bits per heavy atom. The van der Waals surface area contributed by atoms with Crippen molar-refractivity contribution >= 4 is 27.5 Å². The van der Waals surface area contributed by atoms with Crippen LogP contribution in [0.25, 0.3) is 0 Å². The van der Waals surface area contributed by atoms with Crippen LogP contribution in [0.4, 0.5) is 13.2 Å². The molecule has 0 aliphatic carbocycles. The van der Waals surface area contributed by atoms with Crippen LogP contribution in [0.2, 0.25) is 0 Å². The van der Waals surface area contributed by atoms with Crippen molar-refractivity contribution in [2.75, 3.05) is 12.3 Å². The van der Waals surface area contributed by atoms with Gasteiger partial charge in [0.05, 0.1) is 22.9 Å². The maximum Gasteiger partial charge on any atom is 0.417 e. The molecule has 0 fully saturated rings. The Hall–Kier alpha value is -1.02. The number of allylic oxidation sites excluding steroid dienone is 2. The zero-order chi connectivity index (χ0) is 12.8. The molecule has 0 aromatic carbocycles. The summed E-state index contributed by atoms with van der Waals surface area (Å²) in [4.78, 5) is 3.80. The normalized spacial score (nSPS) is 23.5. The molecule has 0 atom stereocenters. The molecule has 2 rings (SSSR count). The molecule has 2 aliphatic rings. The molecule has 2 aliphatic heterocycles. The van der Waals surface area contributed by atoms with Crippen molar-refractivity contribution in [3.63, 3.8) is 0 Å². The van der Waals surface area contributed by atoms with Crippen LogP contribution in [-0.2, 0) is 10.0 Å². The summed E-state index contributed by atoms with van der Waals surface area (Å²) in [6.07, 6.45) is -3.49. The number of aliphatic imine (C=N–C) groups is 1. The van der Waals surface area contributed by atoms with Gasteiger partial charge in [-0.25, -0.2) is 12.7 Å². The van der Waals surface area contributed by atoms with Gasteiger partial charge in [-0.15, -0.1) is 0 Å². The van der Waals surface area contributed by atoms with Crippen molar-refractivity contribution in [1.29, 1.82) is 0 Å². The van der Waals surface area contributed by atoms with Gasteiger partial charge >= 0.3 is 6.18 Å². The van der Waals surface area contributed by atoms with Crippen molar-refractivity contribution in [2.24, 2.45) is 4.99 Å². The number of fused-ring (bicyclic) bond motifs is 1. The fourth-order valence-electron chi connectivity index (χ4n) is 1.41. The molecule has 0 amide bonds. The number of amidine groups is 1. The smallest absolute Gasteiger partial charge is 0.265 e. The lowest BCUT2D eigenvalue weighted by molar-refractivity contribution is -0.0888. The summed E-state index contributed by atoms with van der Waals surface area (Å²) >= 11 is 5.60. The van der Waals surface area contributed by atoms with Crippen LogP contribution < -0.4 is 0 Å². The summed E-state index contributed by atoms with van der Waals surface area (Å²) in [5, 5.41) is -0.330. The first-order valence-electron chi connectivity index (χ1n) is 4.45. The second-order valence-corrected chi connectivity index (χ2v) is 5.76. The average molecular weight is 287 g/mol. The van der Waals surface area contributed by atoms with Crippen LogP contribution in [0.3, 0.4) is 0 Å². The number of hydrogen-bond donors (Lipinski definition) is 0. The lowest BCUT2D eigenvalue weighted by atomic mass is 10.2. The third-order valence-corrected chi connectivity index (χ3v) is 4.05. The summed E-state index contributed by atoms with van der Waals surface area (Å²) in [6, 6.07) is 0. The van der Waals surface area contributed by atoms with E-state index in [0.717, 1.165) is 0 Å². The molecule has 0 aromatic rings. The Bertz CT molecular complexity index is 548. The Kier molecular flexibility index (Phi) is 2.74. The van der Waals surface area contributed by atoms with E-state index in [4.69, 9.17) is 11.6 Å². The second kappa shape index (κ2) is 3.74. The second-order valence-electron chi connectivity index (χ2n) is 3.39. The molecule has 2 heterocycles. The molecule has 0 bridgehead atoms. The maximum atomic E-state index is 12.5. The molecular weight excluding hydrogens is 281 g/mol. The molecule has 17 heavy (non-hydrogen) atoms. The molecule has 9 heteroatoms. The molecule has 94 valence electrons. The van der Waals surface area contributed by atoms with Gasteiger partial charge in [-0.1, -0.05) is 11.6 Å². The van der Waals surface area contributed by atoms with Gasteiger partial charge in [0.25, 0.3) is 0 Å². The molecule has 0 unspecified atom stereocenters. The highest BCUT2D eigenvalue weighted by Gasteiger charge is 2.40. The van der Waals surface area contributed by atoms with E-state index in [-0.39, 0.29) is 23.2 Å². The standard InChI is InChI=1S/C8H6ClF3N2O2S/c9-6-3-5(8(10,11)12)4-14-7(6)13-1-2-17(14,15)16/h3-4H,1-2H2. The lowest BCUT2D eigenvalue weighted by Gasteiger charge is -2.29. The Morgan fingerprint density at radius 2 is 2.06 bits per heavy atom. The van der Waals surface area contributed by atoms with Crippen LogP contribution >= 0.6 is 11.6 Å². The van der Waals surface area contributed by atoms with Gasteiger partial charge in [0.15, 0.2) is 5.84 Å². The highest BCUT2D eigenvalue weighted by molar-refractivity contribution is 7.89. The van der Waals surface area contributed by atoms with E-state index in [1.807, 2.05) is 0 Å². The number of rotatable bonds is 0. The molecule has 0 saturated carbocycles. The first-order valence-corrected chi connectivity index (χ1v) is 6.44. The molecule has 0 spiro atoms. The number of hydrogen-bond acceptors (Lipinski definition) is 3. The summed E-state index contributed by atoms with van der Waals surface area (Å²) in [5.41, 5.74) is -1.12.